The zero-order valence-corrected chi connectivity index (χ0v) is 15.5. The van der Waals surface area contributed by atoms with Gasteiger partial charge in [0.05, 0.1) is 11.8 Å². The Morgan fingerprint density at radius 3 is 2.60 bits per heavy atom. The van der Waals surface area contributed by atoms with E-state index in [4.69, 9.17) is 0 Å². The predicted molar refractivity (Wildman–Crippen MR) is 95.2 cm³/mol. The van der Waals surface area contributed by atoms with E-state index in [9.17, 15) is 9.59 Å². The third kappa shape index (κ3) is 4.03. The molecule has 0 unspecified atom stereocenters. The van der Waals surface area contributed by atoms with E-state index in [1.165, 1.54) is 0 Å². The first-order valence-electron chi connectivity index (χ1n) is 9.26. The molecule has 2 amide bonds. The Bertz CT molecular complexity index is 619. The zero-order chi connectivity index (χ0) is 18.0. The van der Waals surface area contributed by atoms with Crippen LogP contribution in [0.2, 0.25) is 0 Å². The Morgan fingerprint density at radius 2 is 1.92 bits per heavy atom. The second-order valence-electron chi connectivity index (χ2n) is 7.63. The summed E-state index contributed by atoms with van der Waals surface area (Å²) in [6, 6.07) is -0.315. The van der Waals surface area contributed by atoms with Crippen LogP contribution in [-0.2, 0) is 11.3 Å². The molecule has 3 heterocycles. The molecular formula is C18H29N5O2. The van der Waals surface area contributed by atoms with Gasteiger partial charge in [-0.25, -0.2) is 0 Å². The molecule has 7 heteroatoms. The molecule has 0 radical (unpaired) electrons. The molecule has 1 aromatic rings. The molecule has 2 saturated heterocycles. The van der Waals surface area contributed by atoms with Crippen molar-refractivity contribution in [2.45, 2.75) is 39.3 Å². The number of aromatic nitrogens is 2. The number of carbonyl (C=O) groups is 2. The van der Waals surface area contributed by atoms with Crippen molar-refractivity contribution in [2.75, 3.05) is 39.8 Å². The molecule has 1 aromatic heterocycles. The smallest absolute Gasteiger partial charge is 0.257 e. The van der Waals surface area contributed by atoms with Crippen molar-refractivity contribution in [1.29, 1.82) is 0 Å². The number of hydrogen-bond donors (Lipinski definition) is 0. The van der Waals surface area contributed by atoms with Crippen LogP contribution in [-0.4, -0.2) is 82.1 Å². The summed E-state index contributed by atoms with van der Waals surface area (Å²) in [5.41, 5.74) is 0.582. The number of likely N-dealkylation sites (tertiary alicyclic amines) is 1. The average molecular weight is 347 g/mol. The highest BCUT2D eigenvalue weighted by molar-refractivity contribution is 5.97. The highest BCUT2D eigenvalue weighted by atomic mass is 16.2. The van der Waals surface area contributed by atoms with E-state index in [0.717, 1.165) is 45.6 Å². The van der Waals surface area contributed by atoms with E-state index < -0.39 is 0 Å². The molecular weight excluding hydrogens is 318 g/mol. The third-order valence-electron chi connectivity index (χ3n) is 5.05. The van der Waals surface area contributed by atoms with Crippen LogP contribution in [0.4, 0.5) is 0 Å². The van der Waals surface area contributed by atoms with Gasteiger partial charge in [-0.3, -0.25) is 14.3 Å². The van der Waals surface area contributed by atoms with E-state index in [1.807, 2.05) is 9.58 Å². The normalized spacial score (nSPS) is 22.0. The van der Waals surface area contributed by atoms with Crippen molar-refractivity contribution in [3.05, 3.63) is 18.0 Å². The second-order valence-corrected chi connectivity index (χ2v) is 7.63. The number of piperazine rings is 1. The maximum Gasteiger partial charge on any atom is 0.257 e. The molecule has 0 aromatic carbocycles. The zero-order valence-electron chi connectivity index (χ0n) is 15.5. The minimum absolute atomic E-state index is 0.0695. The van der Waals surface area contributed by atoms with Gasteiger partial charge in [-0.1, -0.05) is 13.8 Å². The average Bonchev–Trinajstić information content (AvgIpc) is 3.23. The number of likely N-dealkylation sites (N-methyl/N-ethyl adjacent to an activating group) is 1. The maximum absolute atomic E-state index is 12.9. The van der Waals surface area contributed by atoms with Gasteiger partial charge in [0.1, 0.15) is 6.04 Å². The minimum Gasteiger partial charge on any atom is -0.338 e. The van der Waals surface area contributed by atoms with Gasteiger partial charge in [0.15, 0.2) is 0 Å². The lowest BCUT2D eigenvalue weighted by atomic mass is 10.1. The van der Waals surface area contributed by atoms with Gasteiger partial charge in [-0.2, -0.15) is 5.10 Å². The SMILES string of the molecule is CC(C)Cn1cc(C(=O)N2CCC[C@@H]2C(=O)N2CCN(C)CC2)cn1. The van der Waals surface area contributed by atoms with Gasteiger partial charge in [-0.05, 0) is 25.8 Å². The molecule has 25 heavy (non-hydrogen) atoms. The van der Waals surface area contributed by atoms with Crippen molar-refractivity contribution in [3.63, 3.8) is 0 Å². The Balaban J connectivity index is 1.67. The van der Waals surface area contributed by atoms with Crippen LogP contribution in [0.3, 0.4) is 0 Å². The van der Waals surface area contributed by atoms with Crippen molar-refractivity contribution in [3.8, 4) is 0 Å². The molecule has 2 aliphatic rings. The van der Waals surface area contributed by atoms with Crippen LogP contribution >= 0.6 is 0 Å². The van der Waals surface area contributed by atoms with Crippen molar-refractivity contribution < 1.29 is 9.59 Å². The van der Waals surface area contributed by atoms with Gasteiger partial charge in [0.25, 0.3) is 5.91 Å². The van der Waals surface area contributed by atoms with Gasteiger partial charge in [0, 0.05) is 45.5 Å². The summed E-state index contributed by atoms with van der Waals surface area (Å²) in [5.74, 6) is 0.509. The fourth-order valence-corrected chi connectivity index (χ4v) is 3.62. The quantitative estimate of drug-likeness (QED) is 0.812. The van der Waals surface area contributed by atoms with Crippen LogP contribution in [0.25, 0.3) is 0 Å². The lowest BCUT2D eigenvalue weighted by Gasteiger charge is -2.35. The number of carbonyl (C=O) groups excluding carboxylic acids is 2. The molecule has 2 fully saturated rings. The minimum atomic E-state index is -0.315. The van der Waals surface area contributed by atoms with Gasteiger partial charge >= 0.3 is 0 Å². The number of rotatable bonds is 4. The largest absolute Gasteiger partial charge is 0.338 e. The first-order chi connectivity index (χ1) is 12.0. The lowest BCUT2D eigenvalue weighted by molar-refractivity contribution is -0.136. The number of hydrogen-bond acceptors (Lipinski definition) is 4. The van der Waals surface area contributed by atoms with Crippen LogP contribution in [0.15, 0.2) is 12.4 Å². The molecule has 0 bridgehead atoms. The molecule has 0 saturated carbocycles. The summed E-state index contributed by atoms with van der Waals surface area (Å²) in [5, 5.41) is 4.29. The molecule has 3 rings (SSSR count). The summed E-state index contributed by atoms with van der Waals surface area (Å²) in [6.45, 7) is 8.97. The van der Waals surface area contributed by atoms with Gasteiger partial charge < -0.3 is 14.7 Å². The Morgan fingerprint density at radius 1 is 1.20 bits per heavy atom. The Labute approximate surface area is 149 Å². The van der Waals surface area contributed by atoms with Crippen molar-refractivity contribution in [2.24, 2.45) is 5.92 Å². The first-order valence-corrected chi connectivity index (χ1v) is 9.26. The van der Waals surface area contributed by atoms with E-state index in [1.54, 1.807) is 17.3 Å². The Kier molecular flexibility index (Phi) is 5.42. The number of nitrogens with zero attached hydrogens (tertiary/aromatic N) is 5. The third-order valence-corrected chi connectivity index (χ3v) is 5.05. The summed E-state index contributed by atoms with van der Waals surface area (Å²) in [6.07, 6.45) is 5.07. The van der Waals surface area contributed by atoms with Crippen LogP contribution < -0.4 is 0 Å². The standard InChI is InChI=1S/C18H29N5O2/c1-14(2)12-22-13-15(11-19-22)17(24)23-6-4-5-16(23)18(25)21-9-7-20(3)8-10-21/h11,13-14,16H,4-10,12H2,1-3H3/t16-/m1/s1. The summed E-state index contributed by atoms with van der Waals surface area (Å²) in [7, 11) is 2.07. The van der Waals surface area contributed by atoms with Crippen LogP contribution in [0.5, 0.6) is 0 Å². The monoisotopic (exact) mass is 347 g/mol. The highest BCUT2D eigenvalue weighted by Gasteiger charge is 2.37. The fraction of sp³-hybridized carbons (Fsp3) is 0.722. The van der Waals surface area contributed by atoms with Crippen LogP contribution in [0, 0.1) is 5.92 Å². The molecule has 7 nitrogen and oxygen atoms in total. The first kappa shape index (κ1) is 17.9. The van der Waals surface area contributed by atoms with E-state index in [-0.39, 0.29) is 17.9 Å². The molecule has 1 atom stereocenters. The molecule has 0 aliphatic carbocycles. The molecule has 0 spiro atoms. The molecule has 138 valence electrons. The van der Waals surface area contributed by atoms with E-state index in [0.29, 0.717) is 18.0 Å². The molecule has 2 aliphatic heterocycles. The molecule has 0 N–H and O–H groups in total. The lowest BCUT2D eigenvalue weighted by Crippen LogP contribution is -2.53. The second kappa shape index (κ2) is 7.56. The van der Waals surface area contributed by atoms with E-state index in [2.05, 4.69) is 30.9 Å². The van der Waals surface area contributed by atoms with E-state index >= 15 is 0 Å². The van der Waals surface area contributed by atoms with Crippen molar-refractivity contribution in [1.82, 2.24) is 24.5 Å². The predicted octanol–water partition coefficient (Wildman–Crippen LogP) is 0.918. The van der Waals surface area contributed by atoms with Gasteiger partial charge in [-0.15, -0.1) is 0 Å². The Hall–Kier alpha value is -1.89. The summed E-state index contributed by atoms with van der Waals surface area (Å²) >= 11 is 0. The summed E-state index contributed by atoms with van der Waals surface area (Å²) in [4.78, 5) is 31.7. The summed E-state index contributed by atoms with van der Waals surface area (Å²) < 4.78 is 1.81. The van der Waals surface area contributed by atoms with Crippen molar-refractivity contribution >= 4 is 11.8 Å². The van der Waals surface area contributed by atoms with Crippen LogP contribution in [0.1, 0.15) is 37.0 Å². The topological polar surface area (TPSA) is 61.7 Å². The highest BCUT2D eigenvalue weighted by Crippen LogP contribution is 2.22. The number of amides is 2. The fourth-order valence-electron chi connectivity index (χ4n) is 3.62. The van der Waals surface area contributed by atoms with Gasteiger partial charge in [0.2, 0.25) is 5.91 Å². The maximum atomic E-state index is 12.9.